The topological polar surface area (TPSA) is 21.3 Å². The largest absolute Gasteiger partial charge is 0.494 e. The summed E-state index contributed by atoms with van der Waals surface area (Å²) < 4.78 is 5.70. The number of hydrogen-bond acceptors (Lipinski definition) is 3. The van der Waals surface area contributed by atoms with E-state index in [0.717, 1.165) is 25.3 Å². The van der Waals surface area contributed by atoms with E-state index in [0.29, 0.717) is 0 Å². The van der Waals surface area contributed by atoms with Crippen LogP contribution in [0.1, 0.15) is 18.9 Å². The Kier molecular flexibility index (Phi) is 7.10. The summed E-state index contributed by atoms with van der Waals surface area (Å²) in [4.78, 5) is 0. The average molecular weight is 239 g/mol. The van der Waals surface area contributed by atoms with Crippen LogP contribution < -0.4 is 10.1 Å². The average Bonchev–Trinajstić information content (AvgIpc) is 2.30. The zero-order chi connectivity index (χ0) is 11.6. The van der Waals surface area contributed by atoms with Gasteiger partial charge in [-0.25, -0.2) is 0 Å². The summed E-state index contributed by atoms with van der Waals surface area (Å²) in [5, 5.41) is 3.14. The van der Waals surface area contributed by atoms with Crippen LogP contribution in [0.25, 0.3) is 0 Å². The van der Waals surface area contributed by atoms with Crippen molar-refractivity contribution in [2.45, 2.75) is 19.9 Å². The molecule has 0 saturated carbocycles. The van der Waals surface area contributed by atoms with Crippen LogP contribution in [0, 0.1) is 0 Å². The molecule has 0 aliphatic rings. The van der Waals surface area contributed by atoms with E-state index >= 15 is 0 Å². The van der Waals surface area contributed by atoms with Crippen molar-refractivity contribution in [2.75, 3.05) is 25.2 Å². The summed E-state index contributed by atoms with van der Waals surface area (Å²) in [6, 6.07) is 8.27. The number of benzene rings is 1. The summed E-state index contributed by atoms with van der Waals surface area (Å²) in [5.74, 6) is 3.36. The van der Waals surface area contributed by atoms with Crippen LogP contribution in [0.15, 0.2) is 24.3 Å². The molecule has 0 radical (unpaired) electrons. The van der Waals surface area contributed by atoms with Crippen molar-refractivity contribution in [3.63, 3.8) is 0 Å². The van der Waals surface area contributed by atoms with Crippen molar-refractivity contribution in [3.05, 3.63) is 29.8 Å². The molecule has 2 nitrogen and oxygen atoms in total. The van der Waals surface area contributed by atoms with Gasteiger partial charge in [0.2, 0.25) is 0 Å². The van der Waals surface area contributed by atoms with Gasteiger partial charge in [0, 0.05) is 6.54 Å². The van der Waals surface area contributed by atoms with Gasteiger partial charge in [-0.2, -0.15) is 11.8 Å². The normalized spacial score (nSPS) is 10.4. The molecule has 16 heavy (non-hydrogen) atoms. The highest BCUT2D eigenvalue weighted by Crippen LogP contribution is 2.13. The highest BCUT2D eigenvalue weighted by molar-refractivity contribution is 7.99. The summed E-state index contributed by atoms with van der Waals surface area (Å²) >= 11 is 1.96. The van der Waals surface area contributed by atoms with E-state index in [9.17, 15) is 0 Å². The summed E-state index contributed by atoms with van der Waals surface area (Å²) in [7, 11) is 1.95. The Morgan fingerprint density at radius 1 is 1.38 bits per heavy atom. The number of ether oxygens (including phenoxy) is 1. The number of hydrogen-bond donors (Lipinski definition) is 1. The Morgan fingerprint density at radius 2 is 2.25 bits per heavy atom. The van der Waals surface area contributed by atoms with Gasteiger partial charge in [0.05, 0.1) is 6.61 Å². The van der Waals surface area contributed by atoms with Gasteiger partial charge < -0.3 is 10.1 Å². The number of nitrogens with one attached hydrogen (secondary N) is 1. The molecule has 0 aliphatic carbocycles. The molecular formula is C13H21NOS. The molecule has 0 saturated heterocycles. The van der Waals surface area contributed by atoms with E-state index < -0.39 is 0 Å². The molecule has 0 unspecified atom stereocenters. The fourth-order valence-corrected chi connectivity index (χ4v) is 2.06. The van der Waals surface area contributed by atoms with Crippen molar-refractivity contribution in [1.29, 1.82) is 0 Å². The standard InChI is InChI=1S/C13H21NOS/c1-3-16-9-5-8-15-13-7-4-6-12(10-13)11-14-2/h4,6-7,10,14H,3,5,8-9,11H2,1-2H3. The smallest absolute Gasteiger partial charge is 0.119 e. The van der Waals surface area contributed by atoms with E-state index in [1.165, 1.54) is 17.1 Å². The van der Waals surface area contributed by atoms with Gasteiger partial charge in [0.15, 0.2) is 0 Å². The quantitative estimate of drug-likeness (QED) is 0.705. The lowest BCUT2D eigenvalue weighted by Gasteiger charge is -2.07. The zero-order valence-electron chi connectivity index (χ0n) is 10.2. The molecule has 0 fully saturated rings. The monoisotopic (exact) mass is 239 g/mol. The lowest BCUT2D eigenvalue weighted by molar-refractivity contribution is 0.318. The molecule has 1 aromatic carbocycles. The van der Waals surface area contributed by atoms with Gasteiger partial charge in [0.25, 0.3) is 0 Å². The minimum absolute atomic E-state index is 0.815. The zero-order valence-corrected chi connectivity index (χ0v) is 11.0. The molecule has 0 atom stereocenters. The van der Waals surface area contributed by atoms with Crippen molar-refractivity contribution in [1.82, 2.24) is 5.32 Å². The molecular weight excluding hydrogens is 218 g/mol. The highest BCUT2D eigenvalue weighted by atomic mass is 32.2. The van der Waals surface area contributed by atoms with Crippen LogP contribution in [-0.2, 0) is 6.54 Å². The third kappa shape index (κ3) is 5.42. The molecule has 1 N–H and O–H groups in total. The molecule has 0 amide bonds. The Bertz CT molecular complexity index is 291. The minimum Gasteiger partial charge on any atom is -0.494 e. The number of thioether (sulfide) groups is 1. The van der Waals surface area contributed by atoms with Gasteiger partial charge in [-0.1, -0.05) is 19.1 Å². The molecule has 1 rings (SSSR count). The number of rotatable bonds is 8. The van der Waals surface area contributed by atoms with Crippen LogP contribution in [0.4, 0.5) is 0 Å². The maximum absolute atomic E-state index is 5.70. The van der Waals surface area contributed by atoms with Gasteiger partial charge in [-0.05, 0) is 42.7 Å². The van der Waals surface area contributed by atoms with Gasteiger partial charge in [0.1, 0.15) is 5.75 Å². The SMILES string of the molecule is CCSCCCOc1cccc(CNC)c1. The van der Waals surface area contributed by atoms with Crippen LogP contribution in [-0.4, -0.2) is 25.2 Å². The predicted octanol–water partition coefficient (Wildman–Crippen LogP) is 2.93. The van der Waals surface area contributed by atoms with E-state index in [-0.39, 0.29) is 0 Å². The summed E-state index contributed by atoms with van der Waals surface area (Å²) in [6.07, 6.45) is 1.12. The maximum atomic E-state index is 5.70. The van der Waals surface area contributed by atoms with E-state index in [4.69, 9.17) is 4.74 Å². The van der Waals surface area contributed by atoms with E-state index in [2.05, 4.69) is 24.4 Å². The van der Waals surface area contributed by atoms with E-state index in [1.807, 2.05) is 30.9 Å². The Morgan fingerprint density at radius 3 is 3.00 bits per heavy atom. The Hall–Kier alpha value is -0.670. The van der Waals surface area contributed by atoms with Crippen molar-refractivity contribution < 1.29 is 4.74 Å². The first-order valence-electron chi connectivity index (χ1n) is 5.81. The van der Waals surface area contributed by atoms with Gasteiger partial charge >= 0.3 is 0 Å². The first-order chi connectivity index (χ1) is 7.86. The maximum Gasteiger partial charge on any atom is 0.119 e. The first-order valence-corrected chi connectivity index (χ1v) is 6.96. The molecule has 0 spiro atoms. The molecule has 0 aliphatic heterocycles. The van der Waals surface area contributed by atoms with Gasteiger partial charge in [-0.15, -0.1) is 0 Å². The minimum atomic E-state index is 0.815. The third-order valence-corrected chi connectivity index (χ3v) is 3.17. The third-order valence-electron chi connectivity index (χ3n) is 2.19. The van der Waals surface area contributed by atoms with Crippen LogP contribution in [0.3, 0.4) is 0 Å². The fourth-order valence-electron chi connectivity index (χ4n) is 1.44. The van der Waals surface area contributed by atoms with Gasteiger partial charge in [-0.3, -0.25) is 0 Å². The summed E-state index contributed by atoms with van der Waals surface area (Å²) in [5.41, 5.74) is 1.27. The Balaban J connectivity index is 2.27. The molecule has 0 bridgehead atoms. The molecule has 90 valence electrons. The second-order valence-electron chi connectivity index (χ2n) is 3.58. The van der Waals surface area contributed by atoms with Crippen LogP contribution >= 0.6 is 11.8 Å². The van der Waals surface area contributed by atoms with E-state index in [1.54, 1.807) is 0 Å². The lowest BCUT2D eigenvalue weighted by atomic mass is 10.2. The molecule has 0 heterocycles. The molecule has 1 aromatic rings. The van der Waals surface area contributed by atoms with Crippen LogP contribution in [0.5, 0.6) is 5.75 Å². The fraction of sp³-hybridized carbons (Fsp3) is 0.538. The Labute approximate surface area is 103 Å². The molecule has 3 heteroatoms. The van der Waals surface area contributed by atoms with Crippen molar-refractivity contribution in [2.24, 2.45) is 0 Å². The lowest BCUT2D eigenvalue weighted by Crippen LogP contribution is -2.05. The van der Waals surface area contributed by atoms with Crippen molar-refractivity contribution in [3.8, 4) is 5.75 Å². The first kappa shape index (κ1) is 13.4. The molecule has 0 aromatic heterocycles. The predicted molar refractivity (Wildman–Crippen MR) is 72.3 cm³/mol. The van der Waals surface area contributed by atoms with Crippen molar-refractivity contribution >= 4 is 11.8 Å². The second-order valence-corrected chi connectivity index (χ2v) is 4.97. The second kappa shape index (κ2) is 8.48. The van der Waals surface area contributed by atoms with Crippen LogP contribution in [0.2, 0.25) is 0 Å². The highest BCUT2D eigenvalue weighted by Gasteiger charge is 1.96. The summed E-state index contributed by atoms with van der Waals surface area (Å²) in [6.45, 7) is 3.89.